The van der Waals surface area contributed by atoms with Crippen molar-refractivity contribution in [3.05, 3.63) is 29.8 Å². The summed E-state index contributed by atoms with van der Waals surface area (Å²) >= 11 is 0. The fraction of sp³-hybridized carbons (Fsp3) is 0.571. The number of rotatable bonds is 7. The fourth-order valence-electron chi connectivity index (χ4n) is 1.74. The summed E-state index contributed by atoms with van der Waals surface area (Å²) in [4.78, 5) is 0. The summed E-state index contributed by atoms with van der Waals surface area (Å²) in [5, 5.41) is 0. The third-order valence-electron chi connectivity index (χ3n) is 2.78. The molecule has 17 heavy (non-hydrogen) atoms. The summed E-state index contributed by atoms with van der Waals surface area (Å²) in [6.07, 6.45) is 1.85. The van der Waals surface area contributed by atoms with Gasteiger partial charge in [-0.25, -0.2) is 0 Å². The number of nitrogens with two attached hydrogens (primary N) is 1. The van der Waals surface area contributed by atoms with E-state index in [4.69, 9.17) is 15.2 Å². The van der Waals surface area contributed by atoms with Gasteiger partial charge in [0.15, 0.2) is 0 Å². The number of benzene rings is 1. The van der Waals surface area contributed by atoms with Crippen molar-refractivity contribution in [1.29, 1.82) is 0 Å². The molecule has 0 fully saturated rings. The number of hydrogen-bond donors (Lipinski definition) is 1. The molecule has 0 aliphatic rings. The molecular formula is C14H23NO2. The number of methoxy groups -OCH3 is 1. The molecule has 0 spiro atoms. The van der Waals surface area contributed by atoms with E-state index in [1.54, 1.807) is 7.11 Å². The van der Waals surface area contributed by atoms with Gasteiger partial charge in [-0.05, 0) is 30.5 Å². The van der Waals surface area contributed by atoms with Gasteiger partial charge in [-0.15, -0.1) is 0 Å². The average molecular weight is 237 g/mol. The molecule has 0 aliphatic heterocycles. The lowest BCUT2D eigenvalue weighted by atomic mass is 10.0. The van der Waals surface area contributed by atoms with Gasteiger partial charge < -0.3 is 15.2 Å². The van der Waals surface area contributed by atoms with Crippen LogP contribution in [0.5, 0.6) is 5.75 Å². The highest BCUT2D eigenvalue weighted by Crippen LogP contribution is 2.25. The maximum atomic E-state index is 6.12. The van der Waals surface area contributed by atoms with E-state index in [0.29, 0.717) is 0 Å². The average Bonchev–Trinajstić information content (AvgIpc) is 2.39. The zero-order valence-corrected chi connectivity index (χ0v) is 11.0. The minimum atomic E-state index is -0.0463. The van der Waals surface area contributed by atoms with Crippen molar-refractivity contribution in [2.45, 2.75) is 38.8 Å². The highest BCUT2D eigenvalue weighted by molar-refractivity contribution is 5.30. The van der Waals surface area contributed by atoms with Gasteiger partial charge in [-0.3, -0.25) is 0 Å². The second-order valence-corrected chi connectivity index (χ2v) is 4.14. The normalized spacial score (nSPS) is 14.4. The summed E-state index contributed by atoms with van der Waals surface area (Å²) in [7, 11) is 1.67. The van der Waals surface area contributed by atoms with Crippen molar-refractivity contribution >= 4 is 0 Å². The van der Waals surface area contributed by atoms with E-state index in [9.17, 15) is 0 Å². The van der Waals surface area contributed by atoms with Gasteiger partial charge in [0.05, 0.1) is 13.2 Å². The molecule has 1 aromatic rings. The molecule has 0 aromatic heterocycles. The molecule has 3 heteroatoms. The largest absolute Gasteiger partial charge is 0.497 e. The monoisotopic (exact) mass is 237 g/mol. The Morgan fingerprint density at radius 3 is 2.65 bits per heavy atom. The lowest BCUT2D eigenvalue weighted by Gasteiger charge is -2.24. The van der Waals surface area contributed by atoms with Gasteiger partial charge in [-0.2, -0.15) is 0 Å². The van der Waals surface area contributed by atoms with Crippen LogP contribution in [0.1, 0.15) is 38.4 Å². The molecule has 1 aromatic carbocycles. The van der Waals surface area contributed by atoms with Crippen molar-refractivity contribution in [3.63, 3.8) is 0 Å². The molecule has 2 unspecified atom stereocenters. The summed E-state index contributed by atoms with van der Waals surface area (Å²) in [5.74, 6) is 0.843. The van der Waals surface area contributed by atoms with Crippen molar-refractivity contribution in [2.75, 3.05) is 13.7 Å². The Balaban J connectivity index is 2.86. The molecule has 1 rings (SSSR count). The Hall–Kier alpha value is -1.06. The highest BCUT2D eigenvalue weighted by atomic mass is 16.5. The van der Waals surface area contributed by atoms with E-state index < -0.39 is 0 Å². The van der Waals surface area contributed by atoms with Gasteiger partial charge in [0, 0.05) is 12.6 Å². The van der Waals surface area contributed by atoms with Gasteiger partial charge in [0.1, 0.15) is 5.75 Å². The lowest BCUT2D eigenvalue weighted by Crippen LogP contribution is -2.29. The Morgan fingerprint density at radius 2 is 2.06 bits per heavy atom. The maximum absolute atomic E-state index is 6.12. The van der Waals surface area contributed by atoms with E-state index >= 15 is 0 Å². The minimum absolute atomic E-state index is 0.0219. The molecule has 2 N–H and O–H groups in total. The van der Waals surface area contributed by atoms with Crippen LogP contribution in [0.2, 0.25) is 0 Å². The third-order valence-corrected chi connectivity index (χ3v) is 2.78. The third kappa shape index (κ3) is 4.02. The predicted molar refractivity (Wildman–Crippen MR) is 70.2 cm³/mol. The summed E-state index contributed by atoms with van der Waals surface area (Å²) in [6, 6.07) is 7.96. The molecule has 0 aliphatic carbocycles. The van der Waals surface area contributed by atoms with E-state index in [1.165, 1.54) is 0 Å². The Bertz CT molecular complexity index is 328. The Morgan fingerprint density at radius 1 is 1.29 bits per heavy atom. The van der Waals surface area contributed by atoms with Crippen LogP contribution in [-0.4, -0.2) is 19.8 Å². The first-order valence-electron chi connectivity index (χ1n) is 6.24. The molecule has 0 saturated carbocycles. The molecule has 0 saturated heterocycles. The van der Waals surface area contributed by atoms with Crippen LogP contribution < -0.4 is 10.5 Å². The Labute approximate surface area is 104 Å². The second kappa shape index (κ2) is 7.30. The first-order valence-corrected chi connectivity index (χ1v) is 6.24. The van der Waals surface area contributed by atoms with Crippen molar-refractivity contribution in [2.24, 2.45) is 5.73 Å². The van der Waals surface area contributed by atoms with Crippen LogP contribution in [0, 0.1) is 0 Å². The summed E-state index contributed by atoms with van der Waals surface area (Å²) < 4.78 is 11.1. The van der Waals surface area contributed by atoms with Crippen LogP contribution in [-0.2, 0) is 4.74 Å². The molecule has 0 bridgehead atoms. The summed E-state index contributed by atoms with van der Waals surface area (Å²) in [6.45, 7) is 4.91. The van der Waals surface area contributed by atoms with E-state index in [2.05, 4.69) is 13.8 Å². The Kier molecular flexibility index (Phi) is 6.01. The van der Waals surface area contributed by atoms with Crippen LogP contribution in [0.4, 0.5) is 0 Å². The van der Waals surface area contributed by atoms with E-state index in [0.717, 1.165) is 30.8 Å². The topological polar surface area (TPSA) is 44.5 Å². The molecule has 96 valence electrons. The first-order chi connectivity index (χ1) is 8.22. The second-order valence-electron chi connectivity index (χ2n) is 4.14. The van der Waals surface area contributed by atoms with Crippen LogP contribution >= 0.6 is 0 Å². The SMILES string of the molecule is CCCOC(c1cccc(OC)c1)C(N)CC. The molecular weight excluding hydrogens is 214 g/mol. The van der Waals surface area contributed by atoms with Crippen molar-refractivity contribution in [1.82, 2.24) is 0 Å². The zero-order chi connectivity index (χ0) is 12.7. The van der Waals surface area contributed by atoms with E-state index in [-0.39, 0.29) is 12.1 Å². The zero-order valence-electron chi connectivity index (χ0n) is 11.0. The quantitative estimate of drug-likeness (QED) is 0.793. The number of hydrogen-bond acceptors (Lipinski definition) is 3. The summed E-state index contributed by atoms with van der Waals surface area (Å²) in [5.41, 5.74) is 7.21. The fourth-order valence-corrected chi connectivity index (χ4v) is 1.74. The van der Waals surface area contributed by atoms with Gasteiger partial charge in [0.2, 0.25) is 0 Å². The standard InChI is InChI=1S/C14H23NO2/c1-4-9-17-14(13(15)5-2)11-7-6-8-12(10-11)16-3/h6-8,10,13-14H,4-5,9,15H2,1-3H3. The number of ether oxygens (including phenoxy) is 2. The minimum Gasteiger partial charge on any atom is -0.497 e. The highest BCUT2D eigenvalue weighted by Gasteiger charge is 2.19. The van der Waals surface area contributed by atoms with Crippen molar-refractivity contribution < 1.29 is 9.47 Å². The van der Waals surface area contributed by atoms with Gasteiger partial charge >= 0.3 is 0 Å². The van der Waals surface area contributed by atoms with Crippen LogP contribution in [0.25, 0.3) is 0 Å². The molecule has 0 amide bonds. The molecule has 3 nitrogen and oxygen atoms in total. The predicted octanol–water partition coefficient (Wildman–Crippen LogP) is 2.90. The van der Waals surface area contributed by atoms with Gasteiger partial charge in [0.25, 0.3) is 0 Å². The van der Waals surface area contributed by atoms with Gasteiger partial charge in [-0.1, -0.05) is 26.0 Å². The molecule has 0 radical (unpaired) electrons. The van der Waals surface area contributed by atoms with E-state index in [1.807, 2.05) is 24.3 Å². The van der Waals surface area contributed by atoms with Crippen molar-refractivity contribution in [3.8, 4) is 5.75 Å². The smallest absolute Gasteiger partial charge is 0.119 e. The molecule has 0 heterocycles. The molecule has 2 atom stereocenters. The van der Waals surface area contributed by atoms with Crippen LogP contribution in [0.3, 0.4) is 0 Å². The maximum Gasteiger partial charge on any atom is 0.119 e. The lowest BCUT2D eigenvalue weighted by molar-refractivity contribution is 0.0338. The van der Waals surface area contributed by atoms with Crippen LogP contribution in [0.15, 0.2) is 24.3 Å². The first kappa shape index (κ1) is 14.0.